The average Bonchev–Trinajstić information content (AvgIpc) is 3.31. The van der Waals surface area contributed by atoms with E-state index >= 15 is 0 Å². The zero-order chi connectivity index (χ0) is 23.0. The summed E-state index contributed by atoms with van der Waals surface area (Å²) in [7, 11) is 0. The number of aromatic nitrogens is 2. The molecule has 2 amide bonds. The molecule has 1 N–H and O–H groups in total. The maximum absolute atomic E-state index is 14.8. The second-order valence-electron chi connectivity index (χ2n) is 7.16. The molecule has 0 saturated carbocycles. The lowest BCUT2D eigenvalue weighted by molar-refractivity contribution is -0.119. The first-order valence-electron chi connectivity index (χ1n) is 9.55. The molecule has 32 heavy (non-hydrogen) atoms. The van der Waals surface area contributed by atoms with Gasteiger partial charge in [-0.05, 0) is 29.8 Å². The lowest BCUT2D eigenvalue weighted by Gasteiger charge is -2.15. The van der Waals surface area contributed by atoms with Crippen molar-refractivity contribution in [2.45, 2.75) is 20.0 Å². The summed E-state index contributed by atoms with van der Waals surface area (Å²) in [6.07, 6.45) is -1.45. The standard InChI is InChI=1S/C21H17F3N4O4/c1-10(29)25-8-14-9-28(21(30)32-14)13-6-17(23)19(18(24)7-13)12-3-4-15(16(22)5-12)20-27-26-11(2)31-20/h3-7,14H,8-9H2,1-2H3,(H,25,29)/t14-/m0/s1. The van der Waals surface area contributed by atoms with E-state index in [1.54, 1.807) is 6.92 Å². The number of amides is 2. The van der Waals surface area contributed by atoms with Crippen molar-refractivity contribution < 1.29 is 31.9 Å². The SMILES string of the molecule is CC(=O)NC[C@H]1CN(c2cc(F)c(-c3ccc(-c4nnc(C)o4)c(F)c3)c(F)c2)C(=O)O1. The number of ether oxygens (including phenoxy) is 1. The number of carbonyl (C=O) groups is 2. The van der Waals surface area contributed by atoms with Crippen LogP contribution in [0.25, 0.3) is 22.6 Å². The van der Waals surface area contributed by atoms with Crippen LogP contribution in [-0.2, 0) is 9.53 Å². The normalized spacial score (nSPS) is 15.7. The molecule has 11 heteroatoms. The van der Waals surface area contributed by atoms with Crippen LogP contribution >= 0.6 is 0 Å². The predicted molar refractivity (Wildman–Crippen MR) is 106 cm³/mol. The number of nitrogens with one attached hydrogen (secondary N) is 1. The first kappa shape index (κ1) is 21.3. The molecule has 1 aromatic heterocycles. The minimum Gasteiger partial charge on any atom is -0.442 e. The fourth-order valence-electron chi connectivity index (χ4n) is 3.34. The van der Waals surface area contributed by atoms with Gasteiger partial charge in [0.15, 0.2) is 0 Å². The Hall–Kier alpha value is -3.89. The van der Waals surface area contributed by atoms with Crippen molar-refractivity contribution in [1.29, 1.82) is 0 Å². The molecule has 2 heterocycles. The minimum atomic E-state index is -0.987. The van der Waals surface area contributed by atoms with Crippen LogP contribution in [0.5, 0.6) is 0 Å². The molecule has 1 fully saturated rings. The van der Waals surface area contributed by atoms with Gasteiger partial charge in [0.1, 0.15) is 23.6 Å². The van der Waals surface area contributed by atoms with Crippen LogP contribution in [0.2, 0.25) is 0 Å². The summed E-state index contributed by atoms with van der Waals surface area (Å²) in [6, 6.07) is 5.51. The lowest BCUT2D eigenvalue weighted by Crippen LogP contribution is -2.33. The van der Waals surface area contributed by atoms with Crippen LogP contribution in [0, 0.1) is 24.4 Å². The van der Waals surface area contributed by atoms with E-state index in [1.807, 2.05) is 0 Å². The van der Waals surface area contributed by atoms with E-state index < -0.39 is 35.2 Å². The molecule has 3 aromatic rings. The first-order chi connectivity index (χ1) is 15.2. The van der Waals surface area contributed by atoms with Crippen LogP contribution in [0.15, 0.2) is 34.7 Å². The Bertz CT molecular complexity index is 1190. The van der Waals surface area contributed by atoms with Crippen molar-refractivity contribution >= 4 is 17.7 Å². The summed E-state index contributed by atoms with van der Waals surface area (Å²) in [4.78, 5) is 24.2. The number of aryl methyl sites for hydroxylation is 1. The van der Waals surface area contributed by atoms with E-state index in [1.165, 1.54) is 19.1 Å². The Balaban J connectivity index is 1.60. The van der Waals surface area contributed by atoms with Gasteiger partial charge in [-0.25, -0.2) is 18.0 Å². The summed E-state index contributed by atoms with van der Waals surface area (Å²) < 4.78 is 54.6. The van der Waals surface area contributed by atoms with Crippen LogP contribution in [0.1, 0.15) is 12.8 Å². The Morgan fingerprint density at radius 1 is 1.16 bits per heavy atom. The minimum absolute atomic E-state index is 0.00295. The fourth-order valence-corrected chi connectivity index (χ4v) is 3.34. The summed E-state index contributed by atoms with van der Waals surface area (Å²) in [5, 5.41) is 9.87. The third kappa shape index (κ3) is 4.13. The van der Waals surface area contributed by atoms with Gasteiger partial charge in [-0.15, -0.1) is 10.2 Å². The zero-order valence-electron chi connectivity index (χ0n) is 17.0. The van der Waals surface area contributed by atoms with E-state index in [0.717, 1.165) is 23.1 Å². The highest BCUT2D eigenvalue weighted by atomic mass is 19.1. The lowest BCUT2D eigenvalue weighted by atomic mass is 10.0. The third-order valence-corrected chi connectivity index (χ3v) is 4.81. The smallest absolute Gasteiger partial charge is 0.414 e. The molecule has 4 rings (SSSR count). The molecule has 1 saturated heterocycles. The molecular formula is C21H17F3N4O4. The monoisotopic (exact) mass is 446 g/mol. The Morgan fingerprint density at radius 3 is 2.47 bits per heavy atom. The van der Waals surface area contributed by atoms with E-state index in [9.17, 15) is 22.8 Å². The molecular weight excluding hydrogens is 429 g/mol. The Kier molecular flexibility index (Phi) is 5.56. The van der Waals surface area contributed by atoms with Gasteiger partial charge in [-0.1, -0.05) is 6.07 Å². The first-order valence-corrected chi connectivity index (χ1v) is 9.55. The molecule has 1 aliphatic rings. The van der Waals surface area contributed by atoms with Crippen molar-refractivity contribution in [3.05, 3.63) is 53.7 Å². The number of halogens is 3. The maximum atomic E-state index is 14.8. The van der Waals surface area contributed by atoms with E-state index in [-0.39, 0.29) is 47.6 Å². The fraction of sp³-hybridized carbons (Fsp3) is 0.238. The summed E-state index contributed by atoms with van der Waals surface area (Å²) in [5.74, 6) is -2.87. The van der Waals surface area contributed by atoms with Crippen molar-refractivity contribution in [2.75, 3.05) is 18.0 Å². The number of hydrogen-bond acceptors (Lipinski definition) is 6. The third-order valence-electron chi connectivity index (χ3n) is 4.81. The van der Waals surface area contributed by atoms with Gasteiger partial charge in [0.2, 0.25) is 11.8 Å². The van der Waals surface area contributed by atoms with Crippen LogP contribution in [0.3, 0.4) is 0 Å². The van der Waals surface area contributed by atoms with Crippen molar-refractivity contribution in [2.24, 2.45) is 0 Å². The van der Waals surface area contributed by atoms with Gasteiger partial charge in [0, 0.05) is 13.8 Å². The largest absolute Gasteiger partial charge is 0.442 e. The van der Waals surface area contributed by atoms with E-state index in [4.69, 9.17) is 9.15 Å². The van der Waals surface area contributed by atoms with E-state index in [2.05, 4.69) is 15.5 Å². The van der Waals surface area contributed by atoms with Crippen LogP contribution in [-0.4, -0.2) is 41.4 Å². The molecule has 166 valence electrons. The molecule has 0 unspecified atom stereocenters. The van der Waals surface area contributed by atoms with Gasteiger partial charge in [-0.3, -0.25) is 9.69 Å². The van der Waals surface area contributed by atoms with Gasteiger partial charge in [0.05, 0.1) is 29.9 Å². The van der Waals surface area contributed by atoms with Gasteiger partial charge in [0.25, 0.3) is 5.89 Å². The number of hydrogen-bond donors (Lipinski definition) is 1. The highest BCUT2D eigenvalue weighted by Crippen LogP contribution is 2.34. The van der Waals surface area contributed by atoms with Crippen LogP contribution < -0.4 is 10.2 Å². The summed E-state index contributed by atoms with van der Waals surface area (Å²) in [5.41, 5.74) is -0.561. The highest BCUT2D eigenvalue weighted by molar-refractivity contribution is 5.90. The number of carbonyl (C=O) groups excluding carboxylic acids is 2. The number of benzene rings is 2. The molecule has 8 nitrogen and oxygen atoms in total. The second kappa shape index (κ2) is 8.33. The zero-order valence-corrected chi connectivity index (χ0v) is 17.0. The number of cyclic esters (lactones) is 1. The van der Waals surface area contributed by atoms with Gasteiger partial charge in [-0.2, -0.15) is 0 Å². The molecule has 0 aliphatic carbocycles. The Labute approximate surface area is 180 Å². The average molecular weight is 446 g/mol. The quantitative estimate of drug-likeness (QED) is 0.643. The summed E-state index contributed by atoms with van der Waals surface area (Å²) >= 11 is 0. The molecule has 0 bridgehead atoms. The number of rotatable bonds is 5. The molecule has 0 spiro atoms. The highest BCUT2D eigenvalue weighted by Gasteiger charge is 2.33. The summed E-state index contributed by atoms with van der Waals surface area (Å²) in [6.45, 7) is 2.94. The van der Waals surface area contributed by atoms with Crippen LogP contribution in [0.4, 0.5) is 23.7 Å². The van der Waals surface area contributed by atoms with E-state index in [0.29, 0.717) is 0 Å². The van der Waals surface area contributed by atoms with Crippen molar-refractivity contribution in [1.82, 2.24) is 15.5 Å². The Morgan fingerprint density at radius 2 is 1.88 bits per heavy atom. The molecule has 0 radical (unpaired) electrons. The molecule has 2 aromatic carbocycles. The topological polar surface area (TPSA) is 97.6 Å². The second-order valence-corrected chi connectivity index (χ2v) is 7.16. The van der Waals surface area contributed by atoms with Gasteiger partial charge < -0.3 is 14.5 Å². The van der Waals surface area contributed by atoms with Gasteiger partial charge >= 0.3 is 6.09 Å². The molecule has 1 atom stereocenters. The maximum Gasteiger partial charge on any atom is 0.414 e. The predicted octanol–water partition coefficient (Wildman–Crippen LogP) is 3.59. The molecule has 1 aliphatic heterocycles. The van der Waals surface area contributed by atoms with Crippen molar-refractivity contribution in [3.63, 3.8) is 0 Å². The number of anilines is 1. The van der Waals surface area contributed by atoms with Crippen molar-refractivity contribution in [3.8, 4) is 22.6 Å². The number of nitrogens with zero attached hydrogens (tertiary/aromatic N) is 3.